The smallest absolute Gasteiger partial charge is 0.407 e. The first kappa shape index (κ1) is 65.6. The maximum Gasteiger partial charge on any atom is 0.407 e. The number of carbonyl (C=O) groups excluding carboxylic acids is 3. The first-order valence-electron chi connectivity index (χ1n) is 34.6. The molecule has 3 aromatic rings. The zero-order chi connectivity index (χ0) is 58.0. The van der Waals surface area contributed by atoms with Crippen LogP contribution in [-0.2, 0) is 19.8 Å². The minimum absolute atomic E-state index is 0.200. The lowest BCUT2D eigenvalue weighted by molar-refractivity contribution is 0.0224. The zero-order valence-electron chi connectivity index (χ0n) is 52.2. The molecule has 462 valence electrons. The van der Waals surface area contributed by atoms with E-state index in [9.17, 15) is 14.4 Å². The molecule has 0 bridgehead atoms. The third-order valence-electron chi connectivity index (χ3n) is 18.6. The van der Waals surface area contributed by atoms with Crippen LogP contribution in [0.25, 0.3) is 0 Å². The minimum atomic E-state index is -1.17. The van der Waals surface area contributed by atoms with Crippen LogP contribution in [0.5, 0.6) is 11.5 Å². The summed E-state index contributed by atoms with van der Waals surface area (Å²) in [6.45, 7) is 8.37. The highest BCUT2D eigenvalue weighted by atomic mass is 16.6. The van der Waals surface area contributed by atoms with E-state index in [1.54, 1.807) is 0 Å². The van der Waals surface area contributed by atoms with E-state index in [-0.39, 0.29) is 30.2 Å². The van der Waals surface area contributed by atoms with Crippen molar-refractivity contribution in [1.82, 2.24) is 10.6 Å². The van der Waals surface area contributed by atoms with Crippen molar-refractivity contribution in [3.63, 3.8) is 0 Å². The van der Waals surface area contributed by atoms with Gasteiger partial charge in [-0.05, 0) is 81.7 Å². The predicted octanol–water partition coefficient (Wildman–Crippen LogP) is 19.7. The van der Waals surface area contributed by atoms with E-state index in [1.807, 2.05) is 24.3 Å². The molecule has 2 saturated heterocycles. The molecule has 7 rings (SSSR count). The topological polar surface area (TPSA) is 119 Å². The number of ether oxygens (including phenoxy) is 4. The van der Waals surface area contributed by atoms with Gasteiger partial charge >= 0.3 is 18.2 Å². The summed E-state index contributed by atoms with van der Waals surface area (Å²) < 4.78 is 25.1. The van der Waals surface area contributed by atoms with Gasteiger partial charge in [-0.15, -0.1) is 0 Å². The van der Waals surface area contributed by atoms with Crippen molar-refractivity contribution < 1.29 is 33.3 Å². The average Bonchev–Trinajstić information content (AvgIpc) is 3.02. The Balaban J connectivity index is 0.843. The van der Waals surface area contributed by atoms with Gasteiger partial charge in [-0.1, -0.05) is 225 Å². The summed E-state index contributed by atoms with van der Waals surface area (Å²) in [5.41, 5.74) is 3.90. The fraction of sp³-hybridized carbons (Fsp3) is 0.708. The second kappa shape index (κ2) is 38.2. The minimum Gasteiger partial charge on any atom is -0.456 e. The second-order valence-electron chi connectivity index (χ2n) is 25.1. The number of nitrogens with one attached hydrogen (secondary N) is 2. The number of fused-ring (bicyclic) bond motifs is 6. The second-order valence-corrected chi connectivity index (χ2v) is 25.1. The van der Waals surface area contributed by atoms with Gasteiger partial charge in [0.2, 0.25) is 0 Å². The van der Waals surface area contributed by atoms with Gasteiger partial charge in [-0.25, -0.2) is 14.4 Å². The van der Waals surface area contributed by atoms with E-state index in [0.29, 0.717) is 43.4 Å². The van der Waals surface area contributed by atoms with Gasteiger partial charge in [0.15, 0.2) is 5.60 Å². The van der Waals surface area contributed by atoms with Crippen molar-refractivity contribution in [2.75, 3.05) is 49.2 Å². The van der Waals surface area contributed by atoms with Gasteiger partial charge < -0.3 is 39.4 Å². The molecule has 4 aliphatic rings. The Morgan fingerprint density at radius 3 is 1.25 bits per heavy atom. The third-order valence-corrected chi connectivity index (χ3v) is 18.6. The van der Waals surface area contributed by atoms with Crippen molar-refractivity contribution >= 4 is 29.5 Å². The number of benzene rings is 3. The highest BCUT2D eigenvalue weighted by Gasteiger charge is 2.53. The number of hydrogen-bond donors (Lipinski definition) is 2. The summed E-state index contributed by atoms with van der Waals surface area (Å²) in [5.74, 6) is 0.989. The highest BCUT2D eigenvalue weighted by Crippen LogP contribution is 2.57. The first-order chi connectivity index (χ1) is 40.9. The normalized spacial score (nSPS) is 18.1. The molecular weight excluding hydrogens is 1030 g/mol. The average molecular weight is 1150 g/mol. The first-order valence-corrected chi connectivity index (χ1v) is 34.6. The van der Waals surface area contributed by atoms with E-state index in [2.05, 4.69) is 70.7 Å². The SMILES string of the molecule is CCCCCCCCCCCCCCCCCCNC(=O)OCCC1CCCCN1c1ccc2c(c1)Oc1cc(N3CCCCC3CCOC(=O)NCCCCCCCCCCCCCCCCCC)ccc1C21OC(=O)c2ccccc21. The van der Waals surface area contributed by atoms with Crippen LogP contribution in [0.2, 0.25) is 0 Å². The molecular formula is C72H112N4O7. The summed E-state index contributed by atoms with van der Waals surface area (Å²) in [7, 11) is 0. The van der Waals surface area contributed by atoms with Gasteiger partial charge in [0.05, 0.1) is 18.8 Å². The summed E-state index contributed by atoms with van der Waals surface area (Å²) in [6.07, 6.45) is 49.7. The molecule has 2 atom stereocenters. The molecule has 11 heteroatoms. The number of alkyl carbamates (subject to hydrolysis) is 2. The van der Waals surface area contributed by atoms with Crippen molar-refractivity contribution in [1.29, 1.82) is 0 Å². The number of amides is 2. The maximum absolute atomic E-state index is 13.8. The summed E-state index contributed by atoms with van der Waals surface area (Å²) >= 11 is 0. The highest BCUT2D eigenvalue weighted by molar-refractivity contribution is 5.97. The molecule has 0 aromatic heterocycles. The molecule has 4 heterocycles. The van der Waals surface area contributed by atoms with Crippen LogP contribution >= 0.6 is 0 Å². The maximum atomic E-state index is 13.8. The Morgan fingerprint density at radius 1 is 0.482 bits per heavy atom. The van der Waals surface area contributed by atoms with Crippen LogP contribution < -0.4 is 25.2 Å². The fourth-order valence-corrected chi connectivity index (χ4v) is 13.7. The number of esters is 1. The van der Waals surface area contributed by atoms with Crippen LogP contribution in [0.4, 0.5) is 21.0 Å². The van der Waals surface area contributed by atoms with E-state index < -0.39 is 5.60 Å². The number of carbonyl (C=O) groups is 3. The molecule has 4 aliphatic heterocycles. The number of unbranched alkanes of at least 4 members (excludes halogenated alkanes) is 30. The molecule has 2 amide bonds. The molecule has 1 spiro atoms. The van der Waals surface area contributed by atoms with Gasteiger partial charge in [0.25, 0.3) is 0 Å². The fourth-order valence-electron chi connectivity index (χ4n) is 13.7. The number of hydrogen-bond acceptors (Lipinski definition) is 9. The number of nitrogens with zero attached hydrogens (tertiary/aromatic N) is 2. The van der Waals surface area contributed by atoms with E-state index in [0.717, 1.165) is 118 Å². The van der Waals surface area contributed by atoms with Crippen LogP contribution in [0, 0.1) is 0 Å². The van der Waals surface area contributed by atoms with E-state index in [1.165, 1.54) is 180 Å². The van der Waals surface area contributed by atoms with Gasteiger partial charge in [-0.2, -0.15) is 0 Å². The van der Waals surface area contributed by atoms with Crippen LogP contribution in [-0.4, -0.2) is 69.6 Å². The van der Waals surface area contributed by atoms with Crippen molar-refractivity contribution in [2.45, 2.75) is 288 Å². The molecule has 2 N–H and O–H groups in total. The van der Waals surface area contributed by atoms with E-state index in [4.69, 9.17) is 18.9 Å². The van der Waals surface area contributed by atoms with Crippen LogP contribution in [0.3, 0.4) is 0 Å². The van der Waals surface area contributed by atoms with Crippen molar-refractivity contribution in [2.24, 2.45) is 0 Å². The molecule has 0 aliphatic carbocycles. The Bertz CT molecular complexity index is 2200. The lowest BCUT2D eigenvalue weighted by Gasteiger charge is -2.41. The third kappa shape index (κ3) is 21.2. The molecule has 2 fully saturated rings. The molecule has 0 radical (unpaired) electrons. The lowest BCUT2D eigenvalue weighted by Crippen LogP contribution is -2.41. The molecule has 3 aromatic carbocycles. The van der Waals surface area contributed by atoms with Gasteiger partial charge in [0.1, 0.15) is 11.5 Å². The zero-order valence-corrected chi connectivity index (χ0v) is 52.2. The molecule has 11 nitrogen and oxygen atoms in total. The Kier molecular flexibility index (Phi) is 30.2. The van der Waals surface area contributed by atoms with E-state index >= 15 is 0 Å². The van der Waals surface area contributed by atoms with Crippen LogP contribution in [0.15, 0.2) is 60.7 Å². The largest absolute Gasteiger partial charge is 0.456 e. The monoisotopic (exact) mass is 1140 g/mol. The number of piperidine rings is 2. The predicted molar refractivity (Wildman–Crippen MR) is 342 cm³/mol. The standard InChI is InChI=1S/C72H112N4O7/c1-3-5-7-9-11-13-15-17-19-21-23-25-27-29-31-37-51-73-70(78)80-55-49-59-41-35-39-53-75(59)61-45-47-65-67(57-61)82-68-58-62(46-48-66(68)72(65)64-44-34-33-43-63(64)69(77)83-72)76-54-40-36-42-60(76)50-56-81-71(79)74-52-38-32-30-28-26-24-22-20-18-16-14-12-10-8-6-4-2/h33-34,43-48,57-60H,3-32,35-42,49-56H2,1-2H3,(H,73,78)(H,74,79). The van der Waals surface area contributed by atoms with Gasteiger partial charge in [0, 0.05) is 91.3 Å². The number of anilines is 2. The summed E-state index contributed by atoms with van der Waals surface area (Å²) in [6, 6.07) is 20.8. The Labute approximate surface area is 503 Å². The van der Waals surface area contributed by atoms with Gasteiger partial charge in [-0.3, -0.25) is 0 Å². The molecule has 83 heavy (non-hydrogen) atoms. The summed E-state index contributed by atoms with van der Waals surface area (Å²) in [4.78, 5) is 44.3. The molecule has 2 unspecified atom stereocenters. The van der Waals surface area contributed by atoms with Crippen LogP contribution in [0.1, 0.15) is 298 Å². The van der Waals surface area contributed by atoms with Crippen molar-refractivity contribution in [3.8, 4) is 11.5 Å². The Morgan fingerprint density at radius 2 is 0.855 bits per heavy atom. The lowest BCUT2D eigenvalue weighted by atomic mass is 9.77. The number of rotatable bonds is 42. The summed E-state index contributed by atoms with van der Waals surface area (Å²) in [5, 5.41) is 6.00. The van der Waals surface area contributed by atoms with Crippen molar-refractivity contribution in [3.05, 3.63) is 82.9 Å². The quantitative estimate of drug-likeness (QED) is 0.0325. The molecule has 0 saturated carbocycles. The Hall–Kier alpha value is -4.93.